The molecular formula is C15H17BrN2O2. The van der Waals surface area contributed by atoms with Crippen LogP contribution >= 0.6 is 15.9 Å². The van der Waals surface area contributed by atoms with Crippen LogP contribution in [-0.2, 0) is 5.41 Å². The summed E-state index contributed by atoms with van der Waals surface area (Å²) in [6.07, 6.45) is 0. The average Bonchev–Trinajstić information content (AvgIpc) is 2.40. The molecule has 0 fully saturated rings. The number of aromatic amines is 1. The second-order valence-electron chi connectivity index (χ2n) is 5.56. The minimum absolute atomic E-state index is 0.171. The number of nitrogens with one attached hydrogen (secondary N) is 1. The minimum Gasteiger partial charge on any atom is -0.497 e. The Kier molecular flexibility index (Phi) is 3.99. The van der Waals surface area contributed by atoms with E-state index in [4.69, 9.17) is 4.74 Å². The van der Waals surface area contributed by atoms with Gasteiger partial charge in [0, 0.05) is 11.0 Å². The van der Waals surface area contributed by atoms with E-state index in [1.54, 1.807) is 7.11 Å². The lowest BCUT2D eigenvalue weighted by Crippen LogP contribution is -2.22. The molecule has 0 amide bonds. The fraction of sp³-hybridized carbons (Fsp3) is 0.333. The lowest BCUT2D eigenvalue weighted by Gasteiger charge is -2.19. The molecule has 20 heavy (non-hydrogen) atoms. The van der Waals surface area contributed by atoms with Crippen molar-refractivity contribution in [3.05, 3.63) is 44.8 Å². The van der Waals surface area contributed by atoms with E-state index in [9.17, 15) is 4.79 Å². The Morgan fingerprint density at radius 2 is 1.80 bits per heavy atom. The number of hydrogen-bond donors (Lipinski definition) is 1. The van der Waals surface area contributed by atoms with Gasteiger partial charge in [-0.05, 0) is 40.2 Å². The highest BCUT2D eigenvalue weighted by Crippen LogP contribution is 2.27. The molecule has 1 aromatic heterocycles. The van der Waals surface area contributed by atoms with Gasteiger partial charge in [0.2, 0.25) is 0 Å². The van der Waals surface area contributed by atoms with E-state index >= 15 is 0 Å². The third kappa shape index (κ3) is 2.93. The van der Waals surface area contributed by atoms with Crippen LogP contribution in [0.1, 0.15) is 26.5 Å². The van der Waals surface area contributed by atoms with Crippen LogP contribution in [0.5, 0.6) is 5.75 Å². The van der Waals surface area contributed by atoms with E-state index < -0.39 is 0 Å². The molecular weight excluding hydrogens is 320 g/mol. The van der Waals surface area contributed by atoms with E-state index in [-0.39, 0.29) is 11.0 Å². The summed E-state index contributed by atoms with van der Waals surface area (Å²) in [7, 11) is 1.62. The van der Waals surface area contributed by atoms with Gasteiger partial charge in [0.15, 0.2) is 0 Å². The van der Waals surface area contributed by atoms with Crippen LogP contribution in [0.25, 0.3) is 11.4 Å². The molecule has 0 aliphatic heterocycles. The zero-order valence-electron chi connectivity index (χ0n) is 12.0. The van der Waals surface area contributed by atoms with E-state index in [0.717, 1.165) is 17.0 Å². The molecule has 4 nitrogen and oxygen atoms in total. The SMILES string of the molecule is COc1ccc(-c2nc(C(C)(C)C)c(Br)c(=O)[nH]2)cc1. The molecule has 0 radical (unpaired) electrons. The summed E-state index contributed by atoms with van der Waals surface area (Å²) in [6.45, 7) is 6.08. The molecule has 0 saturated carbocycles. The summed E-state index contributed by atoms with van der Waals surface area (Å²) >= 11 is 3.32. The van der Waals surface area contributed by atoms with Crippen LogP contribution in [-0.4, -0.2) is 17.1 Å². The second kappa shape index (κ2) is 5.40. The van der Waals surface area contributed by atoms with Gasteiger partial charge >= 0.3 is 0 Å². The van der Waals surface area contributed by atoms with Gasteiger partial charge in [0.05, 0.1) is 12.8 Å². The quantitative estimate of drug-likeness (QED) is 0.912. The van der Waals surface area contributed by atoms with Crippen LogP contribution in [0.15, 0.2) is 33.5 Å². The molecule has 2 rings (SSSR count). The molecule has 0 spiro atoms. The maximum atomic E-state index is 12.0. The van der Waals surface area contributed by atoms with Gasteiger partial charge in [0.25, 0.3) is 5.56 Å². The molecule has 1 N–H and O–H groups in total. The highest BCUT2D eigenvalue weighted by Gasteiger charge is 2.22. The monoisotopic (exact) mass is 336 g/mol. The molecule has 2 aromatic rings. The third-order valence-electron chi connectivity index (χ3n) is 2.94. The van der Waals surface area contributed by atoms with Crippen molar-refractivity contribution in [2.45, 2.75) is 26.2 Å². The Balaban J connectivity index is 2.57. The molecule has 0 aliphatic carbocycles. The van der Waals surface area contributed by atoms with Crippen LogP contribution in [0.2, 0.25) is 0 Å². The van der Waals surface area contributed by atoms with Crippen molar-refractivity contribution in [1.29, 1.82) is 0 Å². The number of methoxy groups -OCH3 is 1. The standard InChI is InChI=1S/C15H17BrN2O2/c1-15(2,3)12-11(16)14(19)18-13(17-12)9-5-7-10(20-4)8-6-9/h5-8H,1-4H3,(H,17,18,19). The minimum atomic E-state index is -0.214. The van der Waals surface area contributed by atoms with Gasteiger partial charge < -0.3 is 9.72 Å². The second-order valence-corrected chi connectivity index (χ2v) is 6.35. The number of halogens is 1. The first-order chi connectivity index (χ1) is 9.32. The normalized spacial score (nSPS) is 11.4. The number of aromatic nitrogens is 2. The van der Waals surface area contributed by atoms with Crippen LogP contribution in [0.3, 0.4) is 0 Å². The Hall–Kier alpha value is -1.62. The van der Waals surface area contributed by atoms with E-state index in [1.165, 1.54) is 0 Å². The maximum absolute atomic E-state index is 12.0. The topological polar surface area (TPSA) is 55.0 Å². The Morgan fingerprint density at radius 3 is 2.30 bits per heavy atom. The van der Waals surface area contributed by atoms with Crippen LogP contribution in [0.4, 0.5) is 0 Å². The summed E-state index contributed by atoms with van der Waals surface area (Å²) in [5, 5.41) is 0. The summed E-state index contributed by atoms with van der Waals surface area (Å²) < 4.78 is 5.61. The number of H-pyrrole nitrogens is 1. The Morgan fingerprint density at radius 1 is 1.20 bits per heavy atom. The van der Waals surface area contributed by atoms with Crippen molar-refractivity contribution in [3.8, 4) is 17.1 Å². The predicted octanol–water partition coefficient (Wildman–Crippen LogP) is 3.51. The molecule has 0 aliphatic rings. The molecule has 5 heteroatoms. The largest absolute Gasteiger partial charge is 0.497 e. The van der Waals surface area contributed by atoms with E-state index in [2.05, 4.69) is 25.9 Å². The van der Waals surface area contributed by atoms with Gasteiger partial charge in [-0.3, -0.25) is 4.79 Å². The van der Waals surface area contributed by atoms with Crippen LogP contribution in [0, 0.1) is 0 Å². The fourth-order valence-corrected chi connectivity index (χ4v) is 2.62. The lowest BCUT2D eigenvalue weighted by molar-refractivity contribution is 0.415. The summed E-state index contributed by atoms with van der Waals surface area (Å²) in [4.78, 5) is 19.4. The van der Waals surface area contributed by atoms with Crippen molar-refractivity contribution < 1.29 is 4.74 Å². The molecule has 0 saturated heterocycles. The Labute approximate surface area is 126 Å². The fourth-order valence-electron chi connectivity index (χ4n) is 1.84. The third-order valence-corrected chi connectivity index (χ3v) is 3.67. The predicted molar refractivity (Wildman–Crippen MR) is 83.2 cm³/mol. The molecule has 1 aromatic carbocycles. The average molecular weight is 337 g/mol. The van der Waals surface area contributed by atoms with Gasteiger partial charge in [0.1, 0.15) is 16.0 Å². The number of ether oxygens (including phenoxy) is 1. The molecule has 106 valence electrons. The smallest absolute Gasteiger partial charge is 0.265 e. The zero-order chi connectivity index (χ0) is 14.9. The van der Waals surface area contributed by atoms with Crippen LogP contribution < -0.4 is 10.3 Å². The number of hydrogen-bond acceptors (Lipinski definition) is 3. The first kappa shape index (κ1) is 14.8. The van der Waals surface area contributed by atoms with Crippen molar-refractivity contribution >= 4 is 15.9 Å². The number of nitrogens with zero attached hydrogens (tertiary/aromatic N) is 1. The van der Waals surface area contributed by atoms with Gasteiger partial charge in [-0.1, -0.05) is 20.8 Å². The molecule has 1 heterocycles. The summed E-state index contributed by atoms with van der Waals surface area (Å²) in [5.74, 6) is 1.33. The van der Waals surface area contributed by atoms with Crippen molar-refractivity contribution in [2.75, 3.05) is 7.11 Å². The summed E-state index contributed by atoms with van der Waals surface area (Å²) in [5.41, 5.74) is 1.21. The van der Waals surface area contributed by atoms with E-state index in [0.29, 0.717) is 10.3 Å². The summed E-state index contributed by atoms with van der Waals surface area (Å²) in [6, 6.07) is 7.43. The molecule has 0 bridgehead atoms. The lowest BCUT2D eigenvalue weighted by atomic mass is 9.92. The van der Waals surface area contributed by atoms with E-state index in [1.807, 2.05) is 45.0 Å². The Bertz CT molecular complexity index is 670. The first-order valence-corrected chi connectivity index (χ1v) is 7.07. The first-order valence-electron chi connectivity index (χ1n) is 6.27. The van der Waals surface area contributed by atoms with Crippen molar-refractivity contribution in [1.82, 2.24) is 9.97 Å². The number of rotatable bonds is 2. The highest BCUT2D eigenvalue weighted by molar-refractivity contribution is 9.10. The van der Waals surface area contributed by atoms with Gasteiger partial charge in [-0.25, -0.2) is 4.98 Å². The van der Waals surface area contributed by atoms with Crippen molar-refractivity contribution in [2.24, 2.45) is 0 Å². The van der Waals surface area contributed by atoms with Crippen molar-refractivity contribution in [3.63, 3.8) is 0 Å². The number of benzene rings is 1. The van der Waals surface area contributed by atoms with Gasteiger partial charge in [-0.15, -0.1) is 0 Å². The van der Waals surface area contributed by atoms with Gasteiger partial charge in [-0.2, -0.15) is 0 Å². The molecule has 0 unspecified atom stereocenters. The molecule has 0 atom stereocenters. The zero-order valence-corrected chi connectivity index (χ0v) is 13.5. The highest BCUT2D eigenvalue weighted by atomic mass is 79.9. The maximum Gasteiger partial charge on any atom is 0.265 e.